The smallest absolute Gasteiger partial charge is 0.506 e. The number of rotatable bonds is 2. The Morgan fingerprint density at radius 1 is 1.35 bits per heavy atom. The van der Waals surface area contributed by atoms with Crippen LogP contribution in [0.5, 0.6) is 0 Å². The molecule has 17 heavy (non-hydrogen) atoms. The van der Waals surface area contributed by atoms with Crippen LogP contribution in [0.2, 0.25) is 5.54 Å². The molecule has 0 amide bonds. The van der Waals surface area contributed by atoms with Crippen molar-refractivity contribution in [2.45, 2.75) is 37.9 Å². The Labute approximate surface area is 101 Å². The van der Waals surface area contributed by atoms with Crippen molar-refractivity contribution in [1.29, 1.82) is 0 Å². The van der Waals surface area contributed by atoms with E-state index in [1.807, 2.05) is 13.8 Å². The maximum absolute atomic E-state index is 10.0. The lowest BCUT2D eigenvalue weighted by molar-refractivity contribution is -0.106. The van der Waals surface area contributed by atoms with Crippen LogP contribution in [0.25, 0.3) is 0 Å². The van der Waals surface area contributed by atoms with Crippen LogP contribution < -0.4 is 0 Å². The molecule has 0 saturated carbocycles. The molecule has 5 atom stereocenters. The molecule has 2 rings (SSSR count). The van der Waals surface area contributed by atoms with Gasteiger partial charge in [-0.2, -0.15) is 0 Å². The van der Waals surface area contributed by atoms with E-state index >= 15 is 0 Å². The summed E-state index contributed by atoms with van der Waals surface area (Å²) in [7, 11) is -2.97. The van der Waals surface area contributed by atoms with E-state index in [4.69, 9.17) is 13.3 Å². The Hall–Kier alpha value is -0.443. The predicted molar refractivity (Wildman–Crippen MR) is 60.0 cm³/mol. The fourth-order valence-electron chi connectivity index (χ4n) is 2.08. The van der Waals surface area contributed by atoms with Crippen LogP contribution in [-0.4, -0.2) is 49.2 Å². The number of fused-ring (bicyclic) bond motifs is 2. The number of hydrogen-bond donors (Lipinski definition) is 3. The molecule has 0 aromatic heterocycles. The molecule has 2 aliphatic heterocycles. The van der Waals surface area contributed by atoms with Gasteiger partial charge in [-0.15, -0.1) is 0 Å². The zero-order chi connectivity index (χ0) is 12.8. The molecular weight excluding hydrogens is 244 g/mol. The maximum atomic E-state index is 10.0. The van der Waals surface area contributed by atoms with Gasteiger partial charge in [0.05, 0.1) is 24.4 Å². The Morgan fingerprint density at radius 3 is 2.53 bits per heavy atom. The Morgan fingerprint density at radius 2 is 2.00 bits per heavy atom. The molecule has 0 spiro atoms. The molecule has 2 heterocycles. The average Bonchev–Trinajstić information content (AvgIpc) is 2.47. The van der Waals surface area contributed by atoms with Crippen molar-refractivity contribution in [2.75, 3.05) is 6.61 Å². The van der Waals surface area contributed by atoms with Gasteiger partial charge in [0.15, 0.2) is 6.29 Å². The van der Waals surface area contributed by atoms with E-state index in [1.54, 1.807) is 0 Å². The second-order valence-corrected chi connectivity index (χ2v) is 7.87. The van der Waals surface area contributed by atoms with Crippen molar-refractivity contribution in [2.24, 2.45) is 5.92 Å². The fraction of sp³-hybridized carbons (Fsp3) is 0.800. The highest BCUT2D eigenvalue weighted by molar-refractivity contribution is 6.62. The number of aliphatic hydroxyl groups is 3. The molecule has 0 radical (unpaired) electrons. The lowest BCUT2D eigenvalue weighted by Gasteiger charge is -2.28. The fourth-order valence-corrected chi connectivity index (χ4v) is 4.67. The summed E-state index contributed by atoms with van der Waals surface area (Å²) in [5.74, 6) is -0.833. The first kappa shape index (κ1) is 13.0. The first-order valence-corrected chi connectivity index (χ1v) is 7.41. The minimum atomic E-state index is -2.97. The maximum Gasteiger partial charge on any atom is 0.506 e. The van der Waals surface area contributed by atoms with E-state index in [0.29, 0.717) is 0 Å². The predicted octanol–water partition coefficient (Wildman–Crippen LogP) is 0.148. The normalized spacial score (nSPS) is 45.9. The molecule has 0 aromatic carbocycles. The van der Waals surface area contributed by atoms with E-state index in [-0.39, 0.29) is 17.9 Å². The van der Waals surface area contributed by atoms with E-state index < -0.39 is 33.2 Å². The van der Waals surface area contributed by atoms with Gasteiger partial charge in [-0.25, -0.2) is 0 Å². The highest BCUT2D eigenvalue weighted by Crippen LogP contribution is 2.40. The van der Waals surface area contributed by atoms with Crippen molar-refractivity contribution >= 4 is 8.80 Å². The van der Waals surface area contributed by atoms with Gasteiger partial charge < -0.3 is 28.6 Å². The third-order valence-electron chi connectivity index (χ3n) is 3.21. The summed E-state index contributed by atoms with van der Waals surface area (Å²) in [5, 5.41) is 29.2. The Balaban J connectivity index is 2.28. The molecule has 3 N–H and O–H groups in total. The van der Waals surface area contributed by atoms with Crippen molar-refractivity contribution in [3.63, 3.8) is 0 Å². The molecular formula is C10H18O6Si. The summed E-state index contributed by atoms with van der Waals surface area (Å²) >= 11 is 0. The van der Waals surface area contributed by atoms with Gasteiger partial charge in [0.2, 0.25) is 0 Å². The topological polar surface area (TPSA) is 88.4 Å². The van der Waals surface area contributed by atoms with Gasteiger partial charge in [0, 0.05) is 5.54 Å². The molecule has 0 aliphatic carbocycles. The standard InChI is InChI=1S/C10H18O6Si/c1-5(2)17-14-4-7(6(3)11)8(12)9(15-17)10(13)16-17/h5,7-13H,3-4H2,1-2H3. The zero-order valence-corrected chi connectivity index (χ0v) is 10.9. The lowest BCUT2D eigenvalue weighted by atomic mass is 9.97. The molecule has 2 aliphatic rings. The van der Waals surface area contributed by atoms with Crippen molar-refractivity contribution in [3.8, 4) is 0 Å². The van der Waals surface area contributed by atoms with E-state index in [2.05, 4.69) is 6.58 Å². The number of aliphatic hydroxyl groups excluding tert-OH is 3. The van der Waals surface area contributed by atoms with Crippen molar-refractivity contribution in [1.82, 2.24) is 0 Å². The van der Waals surface area contributed by atoms with Crippen LogP contribution in [0.3, 0.4) is 0 Å². The van der Waals surface area contributed by atoms with Crippen LogP contribution in [0, 0.1) is 5.92 Å². The van der Waals surface area contributed by atoms with Crippen LogP contribution >= 0.6 is 0 Å². The van der Waals surface area contributed by atoms with Crippen LogP contribution in [-0.2, 0) is 13.3 Å². The van der Waals surface area contributed by atoms with Gasteiger partial charge in [0.25, 0.3) is 0 Å². The summed E-state index contributed by atoms with van der Waals surface area (Å²) < 4.78 is 16.6. The minimum Gasteiger partial charge on any atom is -0.512 e. The second-order valence-electron chi connectivity index (χ2n) is 4.75. The third-order valence-corrected chi connectivity index (χ3v) is 6.37. The molecule has 2 saturated heterocycles. The summed E-state index contributed by atoms with van der Waals surface area (Å²) in [5.41, 5.74) is -0.0277. The largest absolute Gasteiger partial charge is 0.512 e. The summed E-state index contributed by atoms with van der Waals surface area (Å²) in [6.07, 6.45) is -3.19. The van der Waals surface area contributed by atoms with Crippen LogP contribution in [0.1, 0.15) is 13.8 Å². The number of hydrogen-bond acceptors (Lipinski definition) is 6. The highest BCUT2D eigenvalue weighted by Gasteiger charge is 2.61. The molecule has 98 valence electrons. The molecule has 6 nitrogen and oxygen atoms in total. The van der Waals surface area contributed by atoms with Gasteiger partial charge in [-0.05, 0) is 0 Å². The van der Waals surface area contributed by atoms with Gasteiger partial charge in [-0.1, -0.05) is 20.4 Å². The first-order chi connectivity index (χ1) is 7.87. The summed E-state index contributed by atoms with van der Waals surface area (Å²) in [6, 6.07) is 0. The average molecular weight is 262 g/mol. The Bertz CT molecular complexity index is 322. The van der Waals surface area contributed by atoms with E-state index in [0.717, 1.165) is 0 Å². The molecule has 7 heteroatoms. The van der Waals surface area contributed by atoms with Gasteiger partial charge in [-0.3, -0.25) is 0 Å². The van der Waals surface area contributed by atoms with Gasteiger partial charge >= 0.3 is 8.80 Å². The lowest BCUT2D eigenvalue weighted by Crippen LogP contribution is -2.46. The summed E-state index contributed by atoms with van der Waals surface area (Å²) in [4.78, 5) is 0. The SMILES string of the molecule is C=C(O)C1CO[Si]2(C(C)C)OC(O)C(O2)C1O. The monoisotopic (exact) mass is 262 g/mol. The van der Waals surface area contributed by atoms with Crippen molar-refractivity contribution < 1.29 is 28.6 Å². The zero-order valence-electron chi connectivity index (χ0n) is 9.87. The second kappa shape index (κ2) is 4.34. The quantitative estimate of drug-likeness (QED) is 0.485. The van der Waals surface area contributed by atoms with Crippen molar-refractivity contribution in [3.05, 3.63) is 12.3 Å². The molecule has 5 unspecified atom stereocenters. The van der Waals surface area contributed by atoms with Crippen LogP contribution in [0.15, 0.2) is 12.3 Å². The summed E-state index contributed by atoms with van der Waals surface area (Å²) in [6.45, 7) is 7.24. The molecule has 0 aromatic rings. The van der Waals surface area contributed by atoms with E-state index in [9.17, 15) is 15.3 Å². The Kier molecular flexibility index (Phi) is 3.32. The molecule has 2 bridgehead atoms. The highest BCUT2D eigenvalue weighted by atomic mass is 28.4. The van der Waals surface area contributed by atoms with Crippen LogP contribution in [0.4, 0.5) is 0 Å². The van der Waals surface area contributed by atoms with Gasteiger partial charge in [0.1, 0.15) is 6.10 Å². The minimum absolute atomic E-state index is 0.0277. The third kappa shape index (κ3) is 2.03. The molecule has 2 fully saturated rings. The first-order valence-electron chi connectivity index (χ1n) is 5.61. The van der Waals surface area contributed by atoms with E-state index in [1.165, 1.54) is 0 Å².